The SMILES string of the molecule is CCC[C@@H](NC(=O)NCCC(C)C)C(=O)O. The second-order valence-corrected chi connectivity index (χ2v) is 4.26. The van der Waals surface area contributed by atoms with E-state index in [1.54, 1.807) is 0 Å². The predicted molar refractivity (Wildman–Crippen MR) is 62.3 cm³/mol. The number of nitrogens with one attached hydrogen (secondary N) is 2. The molecule has 0 heterocycles. The minimum absolute atomic E-state index is 0.401. The van der Waals surface area contributed by atoms with Crippen molar-refractivity contribution in [2.45, 2.75) is 46.1 Å². The summed E-state index contributed by atoms with van der Waals surface area (Å²) < 4.78 is 0. The molecule has 94 valence electrons. The first-order valence-electron chi connectivity index (χ1n) is 5.74. The van der Waals surface area contributed by atoms with Gasteiger partial charge in [-0.3, -0.25) is 0 Å². The molecule has 0 spiro atoms. The Balaban J connectivity index is 3.86. The van der Waals surface area contributed by atoms with Crippen LogP contribution in [0.5, 0.6) is 0 Å². The lowest BCUT2D eigenvalue weighted by molar-refractivity contribution is -0.139. The van der Waals surface area contributed by atoms with E-state index in [2.05, 4.69) is 24.5 Å². The van der Waals surface area contributed by atoms with Gasteiger partial charge < -0.3 is 15.7 Å². The predicted octanol–water partition coefficient (Wildman–Crippen LogP) is 1.59. The molecule has 0 saturated heterocycles. The summed E-state index contributed by atoms with van der Waals surface area (Å²) >= 11 is 0. The molecule has 1 atom stereocenters. The van der Waals surface area contributed by atoms with Crippen molar-refractivity contribution in [3.8, 4) is 0 Å². The summed E-state index contributed by atoms with van der Waals surface area (Å²) in [7, 11) is 0. The number of urea groups is 1. The summed E-state index contributed by atoms with van der Waals surface area (Å²) in [5, 5.41) is 13.9. The molecule has 0 unspecified atom stereocenters. The molecule has 0 aliphatic heterocycles. The maximum Gasteiger partial charge on any atom is 0.326 e. The summed E-state index contributed by atoms with van der Waals surface area (Å²) in [5.74, 6) is -0.466. The number of carboxylic acid groups (broad SMARTS) is 1. The van der Waals surface area contributed by atoms with Crippen LogP contribution in [0.4, 0.5) is 4.79 Å². The van der Waals surface area contributed by atoms with Gasteiger partial charge in [-0.2, -0.15) is 0 Å². The van der Waals surface area contributed by atoms with Crippen molar-refractivity contribution >= 4 is 12.0 Å². The monoisotopic (exact) mass is 230 g/mol. The zero-order valence-electron chi connectivity index (χ0n) is 10.2. The average molecular weight is 230 g/mol. The van der Waals surface area contributed by atoms with E-state index in [-0.39, 0.29) is 0 Å². The van der Waals surface area contributed by atoms with Gasteiger partial charge in [-0.05, 0) is 18.8 Å². The molecule has 0 bridgehead atoms. The van der Waals surface area contributed by atoms with Gasteiger partial charge in [0.05, 0.1) is 0 Å². The molecule has 0 aromatic carbocycles. The fraction of sp³-hybridized carbons (Fsp3) is 0.818. The van der Waals surface area contributed by atoms with E-state index in [1.165, 1.54) is 0 Å². The maximum absolute atomic E-state index is 11.3. The van der Waals surface area contributed by atoms with E-state index in [4.69, 9.17) is 5.11 Å². The first-order valence-corrected chi connectivity index (χ1v) is 5.74. The number of hydrogen-bond acceptors (Lipinski definition) is 2. The standard InChI is InChI=1S/C11H22N2O3/c1-4-5-9(10(14)15)13-11(16)12-7-6-8(2)3/h8-9H,4-7H2,1-3H3,(H,14,15)(H2,12,13,16)/t9-/m1/s1. The fourth-order valence-corrected chi connectivity index (χ4v) is 1.23. The molecule has 0 saturated carbocycles. The minimum Gasteiger partial charge on any atom is -0.480 e. The number of carboxylic acids is 1. The first-order chi connectivity index (χ1) is 7.47. The molecule has 0 rings (SSSR count). The highest BCUT2D eigenvalue weighted by molar-refractivity contribution is 5.82. The second kappa shape index (κ2) is 7.96. The highest BCUT2D eigenvalue weighted by atomic mass is 16.4. The Morgan fingerprint density at radius 3 is 2.31 bits per heavy atom. The quantitative estimate of drug-likeness (QED) is 0.621. The van der Waals surface area contributed by atoms with Crippen LogP contribution in [0.2, 0.25) is 0 Å². The van der Waals surface area contributed by atoms with E-state index in [0.29, 0.717) is 18.9 Å². The number of carbonyl (C=O) groups excluding carboxylic acids is 1. The van der Waals surface area contributed by atoms with Crippen LogP contribution in [0.1, 0.15) is 40.0 Å². The van der Waals surface area contributed by atoms with Crippen LogP contribution in [0, 0.1) is 5.92 Å². The zero-order valence-corrected chi connectivity index (χ0v) is 10.2. The van der Waals surface area contributed by atoms with Crippen LogP contribution in [-0.4, -0.2) is 29.7 Å². The van der Waals surface area contributed by atoms with E-state index in [0.717, 1.165) is 12.8 Å². The third kappa shape index (κ3) is 7.09. The summed E-state index contributed by atoms with van der Waals surface area (Å²) in [5.41, 5.74) is 0. The van der Waals surface area contributed by atoms with Crippen LogP contribution >= 0.6 is 0 Å². The van der Waals surface area contributed by atoms with Crippen molar-refractivity contribution in [3.63, 3.8) is 0 Å². The molecule has 0 aromatic rings. The van der Waals surface area contributed by atoms with Crippen LogP contribution in [0.25, 0.3) is 0 Å². The smallest absolute Gasteiger partial charge is 0.326 e. The van der Waals surface area contributed by atoms with Crippen molar-refractivity contribution in [3.05, 3.63) is 0 Å². The number of hydrogen-bond donors (Lipinski definition) is 3. The van der Waals surface area contributed by atoms with Crippen molar-refractivity contribution in [1.82, 2.24) is 10.6 Å². The minimum atomic E-state index is -0.985. The Morgan fingerprint density at radius 1 is 1.25 bits per heavy atom. The number of aliphatic carboxylic acids is 1. The molecule has 2 amide bonds. The third-order valence-electron chi connectivity index (χ3n) is 2.19. The number of rotatable bonds is 7. The Hall–Kier alpha value is -1.26. The Labute approximate surface area is 96.6 Å². The van der Waals surface area contributed by atoms with Gasteiger partial charge >= 0.3 is 12.0 Å². The molecular formula is C11H22N2O3. The Morgan fingerprint density at radius 2 is 1.88 bits per heavy atom. The van der Waals surface area contributed by atoms with Gasteiger partial charge in [0, 0.05) is 6.54 Å². The van der Waals surface area contributed by atoms with Crippen LogP contribution in [0.15, 0.2) is 0 Å². The molecule has 0 aliphatic rings. The third-order valence-corrected chi connectivity index (χ3v) is 2.19. The summed E-state index contributed by atoms with van der Waals surface area (Å²) in [6, 6.07) is -1.19. The van der Waals surface area contributed by atoms with Gasteiger partial charge in [0.25, 0.3) is 0 Å². The van der Waals surface area contributed by atoms with Gasteiger partial charge in [0.1, 0.15) is 6.04 Å². The number of amides is 2. The van der Waals surface area contributed by atoms with Crippen LogP contribution < -0.4 is 10.6 Å². The van der Waals surface area contributed by atoms with E-state index in [1.807, 2.05) is 6.92 Å². The molecule has 0 aromatic heterocycles. The molecule has 0 radical (unpaired) electrons. The summed E-state index contributed by atoms with van der Waals surface area (Å²) in [6.07, 6.45) is 2.06. The Kier molecular flexibility index (Phi) is 7.33. The molecule has 0 aliphatic carbocycles. The van der Waals surface area contributed by atoms with Gasteiger partial charge in [0.15, 0.2) is 0 Å². The summed E-state index contributed by atoms with van der Waals surface area (Å²) in [6.45, 7) is 6.59. The second-order valence-electron chi connectivity index (χ2n) is 4.26. The lowest BCUT2D eigenvalue weighted by Gasteiger charge is -2.14. The van der Waals surface area contributed by atoms with Gasteiger partial charge in [-0.25, -0.2) is 9.59 Å². The summed E-state index contributed by atoms with van der Waals surface area (Å²) in [4.78, 5) is 22.1. The normalized spacial score (nSPS) is 12.2. The lowest BCUT2D eigenvalue weighted by atomic mass is 10.1. The molecule has 16 heavy (non-hydrogen) atoms. The highest BCUT2D eigenvalue weighted by Crippen LogP contribution is 1.98. The van der Waals surface area contributed by atoms with Crippen molar-refractivity contribution in [2.24, 2.45) is 5.92 Å². The van der Waals surface area contributed by atoms with Crippen molar-refractivity contribution in [1.29, 1.82) is 0 Å². The average Bonchev–Trinajstić information content (AvgIpc) is 2.16. The highest BCUT2D eigenvalue weighted by Gasteiger charge is 2.18. The van der Waals surface area contributed by atoms with Gasteiger partial charge in [-0.15, -0.1) is 0 Å². The first kappa shape index (κ1) is 14.7. The molecule has 5 nitrogen and oxygen atoms in total. The van der Waals surface area contributed by atoms with Crippen molar-refractivity contribution < 1.29 is 14.7 Å². The van der Waals surface area contributed by atoms with Gasteiger partial charge in [-0.1, -0.05) is 27.2 Å². The lowest BCUT2D eigenvalue weighted by Crippen LogP contribution is -2.46. The largest absolute Gasteiger partial charge is 0.480 e. The Bertz CT molecular complexity index is 229. The van der Waals surface area contributed by atoms with Crippen LogP contribution in [0.3, 0.4) is 0 Å². The molecule has 3 N–H and O–H groups in total. The molecular weight excluding hydrogens is 208 g/mol. The van der Waals surface area contributed by atoms with E-state index >= 15 is 0 Å². The molecule has 0 fully saturated rings. The van der Waals surface area contributed by atoms with E-state index < -0.39 is 18.0 Å². The zero-order chi connectivity index (χ0) is 12.6. The molecule has 5 heteroatoms. The topological polar surface area (TPSA) is 78.4 Å². The van der Waals surface area contributed by atoms with Crippen molar-refractivity contribution in [2.75, 3.05) is 6.54 Å². The van der Waals surface area contributed by atoms with Crippen LogP contribution in [-0.2, 0) is 4.79 Å². The van der Waals surface area contributed by atoms with E-state index in [9.17, 15) is 9.59 Å². The van der Waals surface area contributed by atoms with Gasteiger partial charge in [0.2, 0.25) is 0 Å². The number of carbonyl (C=O) groups is 2. The fourth-order valence-electron chi connectivity index (χ4n) is 1.23. The maximum atomic E-state index is 11.3.